The van der Waals surface area contributed by atoms with Gasteiger partial charge in [0.15, 0.2) is 5.69 Å². The monoisotopic (exact) mass is 286 g/mol. The van der Waals surface area contributed by atoms with Gasteiger partial charge in [0.1, 0.15) is 0 Å². The van der Waals surface area contributed by atoms with E-state index >= 15 is 0 Å². The van der Waals surface area contributed by atoms with Crippen molar-refractivity contribution in [3.05, 3.63) is 47.8 Å². The Morgan fingerprint density at radius 1 is 1.24 bits per heavy atom. The molecule has 2 amide bonds. The van der Waals surface area contributed by atoms with E-state index in [0.717, 1.165) is 5.56 Å². The maximum atomic E-state index is 12.1. The van der Waals surface area contributed by atoms with Gasteiger partial charge in [0, 0.05) is 19.8 Å². The van der Waals surface area contributed by atoms with Crippen LogP contribution in [0, 0.1) is 0 Å². The van der Waals surface area contributed by atoms with Crippen molar-refractivity contribution in [1.82, 2.24) is 15.1 Å². The van der Waals surface area contributed by atoms with E-state index in [1.165, 1.54) is 7.05 Å². The fourth-order valence-corrected chi connectivity index (χ4v) is 1.94. The first kappa shape index (κ1) is 14.8. The summed E-state index contributed by atoms with van der Waals surface area (Å²) in [5.41, 5.74) is 1.57. The Morgan fingerprint density at radius 3 is 2.57 bits per heavy atom. The summed E-state index contributed by atoms with van der Waals surface area (Å²) in [6.45, 7) is 2.54. The van der Waals surface area contributed by atoms with Crippen LogP contribution in [0.1, 0.15) is 23.0 Å². The van der Waals surface area contributed by atoms with Gasteiger partial charge in [-0.05, 0) is 12.5 Å². The molecule has 0 aliphatic carbocycles. The van der Waals surface area contributed by atoms with Crippen LogP contribution in [0.2, 0.25) is 0 Å². The van der Waals surface area contributed by atoms with Gasteiger partial charge < -0.3 is 10.6 Å². The lowest BCUT2D eigenvalue weighted by molar-refractivity contribution is -0.115. The van der Waals surface area contributed by atoms with Crippen molar-refractivity contribution in [1.29, 1.82) is 0 Å². The quantitative estimate of drug-likeness (QED) is 0.873. The molecule has 110 valence electrons. The molecule has 0 aliphatic rings. The Labute approximate surface area is 123 Å². The van der Waals surface area contributed by atoms with E-state index in [4.69, 9.17) is 0 Å². The van der Waals surface area contributed by atoms with Crippen LogP contribution in [0.3, 0.4) is 0 Å². The number of anilines is 1. The maximum absolute atomic E-state index is 12.1. The Kier molecular flexibility index (Phi) is 4.71. The maximum Gasteiger partial charge on any atom is 0.273 e. The molecule has 2 N–H and O–H groups in total. The number of amides is 2. The van der Waals surface area contributed by atoms with Crippen molar-refractivity contribution < 1.29 is 9.59 Å². The number of rotatable bonds is 5. The second kappa shape index (κ2) is 6.69. The molecule has 0 radical (unpaired) electrons. The molecule has 0 saturated heterocycles. The molecule has 0 saturated carbocycles. The van der Waals surface area contributed by atoms with Gasteiger partial charge in [0.2, 0.25) is 5.91 Å². The summed E-state index contributed by atoms with van der Waals surface area (Å²) in [4.78, 5) is 23.8. The zero-order chi connectivity index (χ0) is 15.2. The lowest BCUT2D eigenvalue weighted by atomic mass is 10.1. The fourth-order valence-electron chi connectivity index (χ4n) is 1.94. The Hall–Kier alpha value is -2.63. The standard InChI is InChI=1S/C15H18N4O2/c1-3-19-10-12(14(18-19)15(21)16-2)17-13(20)9-11-7-5-4-6-8-11/h4-8,10H,3,9H2,1-2H3,(H,16,21)(H,17,20). The normalized spacial score (nSPS) is 10.2. The van der Waals surface area contributed by atoms with Gasteiger partial charge in [0.05, 0.1) is 12.1 Å². The zero-order valence-electron chi connectivity index (χ0n) is 12.1. The van der Waals surface area contributed by atoms with Gasteiger partial charge in [-0.3, -0.25) is 14.3 Å². The fraction of sp³-hybridized carbons (Fsp3) is 0.267. The largest absolute Gasteiger partial charge is 0.354 e. The molecular weight excluding hydrogens is 268 g/mol. The Morgan fingerprint density at radius 2 is 1.95 bits per heavy atom. The third-order valence-corrected chi connectivity index (χ3v) is 3.01. The van der Waals surface area contributed by atoms with Crippen molar-refractivity contribution >= 4 is 17.5 Å². The third-order valence-electron chi connectivity index (χ3n) is 3.01. The topological polar surface area (TPSA) is 76.0 Å². The molecule has 21 heavy (non-hydrogen) atoms. The highest BCUT2D eigenvalue weighted by atomic mass is 16.2. The minimum absolute atomic E-state index is 0.179. The molecule has 0 aliphatic heterocycles. The van der Waals surface area contributed by atoms with E-state index in [-0.39, 0.29) is 23.9 Å². The first-order valence-electron chi connectivity index (χ1n) is 6.77. The predicted octanol–water partition coefficient (Wildman–Crippen LogP) is 1.44. The van der Waals surface area contributed by atoms with Crippen molar-refractivity contribution in [2.75, 3.05) is 12.4 Å². The second-order valence-electron chi connectivity index (χ2n) is 4.54. The SMILES string of the molecule is CCn1cc(NC(=O)Cc2ccccc2)c(C(=O)NC)n1. The summed E-state index contributed by atoms with van der Waals surface area (Å²) in [5, 5.41) is 9.41. The van der Waals surface area contributed by atoms with E-state index in [9.17, 15) is 9.59 Å². The van der Waals surface area contributed by atoms with Gasteiger partial charge in [0.25, 0.3) is 5.91 Å². The van der Waals surface area contributed by atoms with Gasteiger partial charge in [-0.15, -0.1) is 0 Å². The van der Waals surface area contributed by atoms with E-state index in [2.05, 4.69) is 15.7 Å². The minimum atomic E-state index is -0.322. The molecule has 2 aromatic rings. The second-order valence-corrected chi connectivity index (χ2v) is 4.54. The molecule has 0 bridgehead atoms. The predicted molar refractivity (Wildman–Crippen MR) is 80.1 cm³/mol. The molecule has 0 spiro atoms. The van der Waals surface area contributed by atoms with Gasteiger partial charge in [-0.1, -0.05) is 30.3 Å². The van der Waals surface area contributed by atoms with Crippen molar-refractivity contribution in [3.63, 3.8) is 0 Å². The van der Waals surface area contributed by atoms with Crippen LogP contribution < -0.4 is 10.6 Å². The van der Waals surface area contributed by atoms with E-state index < -0.39 is 0 Å². The number of aromatic nitrogens is 2. The summed E-state index contributed by atoms with van der Waals surface area (Å²) < 4.78 is 1.61. The lowest BCUT2D eigenvalue weighted by Crippen LogP contribution is -2.22. The molecule has 2 rings (SSSR count). The summed E-state index contributed by atoms with van der Waals surface area (Å²) in [5.74, 6) is -0.501. The first-order chi connectivity index (χ1) is 10.1. The summed E-state index contributed by atoms with van der Waals surface area (Å²) in [6, 6.07) is 9.43. The van der Waals surface area contributed by atoms with Crippen molar-refractivity contribution in [2.24, 2.45) is 0 Å². The Balaban J connectivity index is 2.13. The average Bonchev–Trinajstić information content (AvgIpc) is 2.90. The zero-order valence-corrected chi connectivity index (χ0v) is 12.1. The molecule has 1 heterocycles. The summed E-state index contributed by atoms with van der Waals surface area (Å²) in [6.07, 6.45) is 1.92. The number of benzene rings is 1. The van der Waals surface area contributed by atoms with Crippen molar-refractivity contribution in [3.8, 4) is 0 Å². The summed E-state index contributed by atoms with van der Waals surface area (Å²) >= 11 is 0. The van der Waals surface area contributed by atoms with Crippen LogP contribution in [0.5, 0.6) is 0 Å². The van der Waals surface area contributed by atoms with Crippen LogP contribution >= 0.6 is 0 Å². The average molecular weight is 286 g/mol. The molecule has 0 unspecified atom stereocenters. The first-order valence-corrected chi connectivity index (χ1v) is 6.77. The van der Waals surface area contributed by atoms with Crippen LogP contribution in [-0.2, 0) is 17.8 Å². The number of carbonyl (C=O) groups excluding carboxylic acids is 2. The smallest absolute Gasteiger partial charge is 0.273 e. The number of hydrogen-bond donors (Lipinski definition) is 2. The van der Waals surface area contributed by atoms with E-state index in [1.807, 2.05) is 37.3 Å². The highest BCUT2D eigenvalue weighted by molar-refractivity contribution is 6.02. The molecule has 0 atom stereocenters. The number of nitrogens with one attached hydrogen (secondary N) is 2. The van der Waals surface area contributed by atoms with Crippen molar-refractivity contribution in [2.45, 2.75) is 19.9 Å². The van der Waals surface area contributed by atoms with Gasteiger partial charge in [-0.2, -0.15) is 5.10 Å². The molecule has 6 nitrogen and oxygen atoms in total. The lowest BCUT2D eigenvalue weighted by Gasteiger charge is -2.04. The van der Waals surface area contributed by atoms with Crippen LogP contribution in [-0.4, -0.2) is 28.6 Å². The summed E-state index contributed by atoms with van der Waals surface area (Å²) in [7, 11) is 1.53. The van der Waals surface area contributed by atoms with E-state index in [0.29, 0.717) is 12.2 Å². The van der Waals surface area contributed by atoms with Crippen LogP contribution in [0.4, 0.5) is 5.69 Å². The molecule has 0 fully saturated rings. The number of nitrogens with zero attached hydrogens (tertiary/aromatic N) is 2. The molecule has 6 heteroatoms. The van der Waals surface area contributed by atoms with Crippen LogP contribution in [0.15, 0.2) is 36.5 Å². The number of carbonyl (C=O) groups is 2. The molecular formula is C15H18N4O2. The minimum Gasteiger partial charge on any atom is -0.354 e. The van der Waals surface area contributed by atoms with Gasteiger partial charge in [-0.25, -0.2) is 0 Å². The highest BCUT2D eigenvalue weighted by Crippen LogP contribution is 2.14. The Bertz CT molecular complexity index is 634. The number of hydrogen-bond acceptors (Lipinski definition) is 3. The third kappa shape index (κ3) is 3.68. The molecule has 1 aromatic heterocycles. The van der Waals surface area contributed by atoms with E-state index in [1.54, 1.807) is 10.9 Å². The highest BCUT2D eigenvalue weighted by Gasteiger charge is 2.17. The molecule has 1 aromatic carbocycles. The number of aryl methyl sites for hydroxylation is 1. The van der Waals surface area contributed by atoms with Gasteiger partial charge >= 0.3 is 0 Å². The van der Waals surface area contributed by atoms with Crippen LogP contribution in [0.25, 0.3) is 0 Å².